The zero-order valence-electron chi connectivity index (χ0n) is 14.2. The Kier molecular flexibility index (Phi) is 4.61. The highest BCUT2D eigenvalue weighted by Gasteiger charge is 2.06. The minimum Gasteiger partial charge on any atom is -0.489 e. The Morgan fingerprint density at radius 3 is 2.59 bits per heavy atom. The van der Waals surface area contributed by atoms with Gasteiger partial charge in [0.15, 0.2) is 0 Å². The Bertz CT molecular complexity index is 1090. The second kappa shape index (κ2) is 7.37. The Morgan fingerprint density at radius 2 is 1.81 bits per heavy atom. The maximum absolute atomic E-state index is 13.3. The fraction of sp³-hybridized carbons (Fsp3) is 0.0476. The highest BCUT2D eigenvalue weighted by Crippen LogP contribution is 2.22. The molecule has 134 valence electrons. The lowest BCUT2D eigenvalue weighted by atomic mass is 10.1. The van der Waals surface area contributed by atoms with Crippen LogP contribution in [0.4, 0.5) is 8.78 Å². The summed E-state index contributed by atoms with van der Waals surface area (Å²) in [6.07, 6.45) is 5.53. The summed E-state index contributed by atoms with van der Waals surface area (Å²) < 4.78 is 32.0. The van der Waals surface area contributed by atoms with Gasteiger partial charge in [-0.25, -0.2) is 8.78 Å². The molecule has 0 aliphatic heterocycles. The van der Waals surface area contributed by atoms with E-state index in [2.05, 4.69) is 15.2 Å². The number of benzene rings is 2. The van der Waals surface area contributed by atoms with E-state index < -0.39 is 11.6 Å². The molecule has 27 heavy (non-hydrogen) atoms. The number of aromatic amines is 1. The van der Waals surface area contributed by atoms with E-state index in [0.717, 1.165) is 46.1 Å². The number of hydrogen-bond acceptors (Lipinski definition) is 3. The maximum atomic E-state index is 13.3. The van der Waals surface area contributed by atoms with Gasteiger partial charge < -0.3 is 4.74 Å². The normalized spacial score (nSPS) is 11.3. The molecule has 2 heterocycles. The van der Waals surface area contributed by atoms with Crippen molar-refractivity contribution >= 4 is 23.1 Å². The second-order valence-corrected chi connectivity index (χ2v) is 5.97. The summed E-state index contributed by atoms with van der Waals surface area (Å²) >= 11 is 0. The number of H-pyrrole nitrogens is 1. The van der Waals surface area contributed by atoms with E-state index in [1.54, 1.807) is 6.20 Å². The molecule has 0 saturated carbocycles. The van der Waals surface area contributed by atoms with Gasteiger partial charge in [0.2, 0.25) is 0 Å². The van der Waals surface area contributed by atoms with Crippen LogP contribution in [0.1, 0.15) is 17.0 Å². The Labute approximate surface area is 154 Å². The Morgan fingerprint density at radius 1 is 0.963 bits per heavy atom. The second-order valence-electron chi connectivity index (χ2n) is 5.97. The van der Waals surface area contributed by atoms with Gasteiger partial charge in [0.1, 0.15) is 24.0 Å². The number of hydrogen-bond donors (Lipinski definition) is 1. The average Bonchev–Trinajstić information content (AvgIpc) is 3.07. The lowest BCUT2D eigenvalue weighted by molar-refractivity contribution is 0.303. The van der Waals surface area contributed by atoms with Crippen LogP contribution in [0.25, 0.3) is 23.1 Å². The molecule has 0 aliphatic carbocycles. The van der Waals surface area contributed by atoms with Gasteiger partial charge in [0.25, 0.3) is 0 Å². The Balaban J connectivity index is 1.55. The molecule has 1 N–H and O–H groups in total. The summed E-state index contributed by atoms with van der Waals surface area (Å²) in [5.74, 6) is -1.19. The number of ether oxygens (including phenoxy) is 1. The first-order chi connectivity index (χ1) is 13.2. The first-order valence-corrected chi connectivity index (χ1v) is 8.32. The van der Waals surface area contributed by atoms with Crippen LogP contribution in [0.5, 0.6) is 5.75 Å². The molecule has 4 aromatic rings. The van der Waals surface area contributed by atoms with Crippen molar-refractivity contribution in [2.24, 2.45) is 0 Å². The summed E-state index contributed by atoms with van der Waals surface area (Å²) in [7, 11) is 0. The van der Waals surface area contributed by atoms with E-state index >= 15 is 0 Å². The van der Waals surface area contributed by atoms with Gasteiger partial charge >= 0.3 is 0 Å². The van der Waals surface area contributed by atoms with Crippen molar-refractivity contribution in [3.05, 3.63) is 89.4 Å². The lowest BCUT2D eigenvalue weighted by Crippen LogP contribution is -1.96. The smallest absolute Gasteiger partial charge is 0.129 e. The number of fused-ring (bicyclic) bond motifs is 1. The SMILES string of the molecule is Fc1cc(F)cc(OCc2ccc3n[nH]c(/C=C/c4ccccn4)c3c2)c1. The predicted molar refractivity (Wildman–Crippen MR) is 99.9 cm³/mol. The van der Waals surface area contributed by atoms with Gasteiger partial charge in [0, 0.05) is 29.8 Å². The molecule has 4 rings (SSSR count). The summed E-state index contributed by atoms with van der Waals surface area (Å²) in [5.41, 5.74) is 3.36. The van der Waals surface area contributed by atoms with Gasteiger partial charge in [-0.1, -0.05) is 12.1 Å². The molecule has 2 aromatic carbocycles. The standard InChI is InChI=1S/C21H15F2N3O/c22-15-10-16(23)12-18(11-15)27-13-14-4-6-20-19(9-14)21(26-25-20)7-5-17-3-1-2-8-24-17/h1-12H,13H2,(H,25,26)/b7-5+. The van der Waals surface area contributed by atoms with Crippen LogP contribution in [0.15, 0.2) is 60.8 Å². The average molecular weight is 363 g/mol. The van der Waals surface area contributed by atoms with E-state index in [0.29, 0.717) is 0 Å². The molecule has 4 nitrogen and oxygen atoms in total. The topological polar surface area (TPSA) is 50.8 Å². The molecule has 2 aromatic heterocycles. The van der Waals surface area contributed by atoms with Crippen LogP contribution < -0.4 is 4.74 Å². The maximum Gasteiger partial charge on any atom is 0.129 e. The largest absolute Gasteiger partial charge is 0.489 e. The van der Waals surface area contributed by atoms with Crippen LogP contribution in [0.3, 0.4) is 0 Å². The van der Waals surface area contributed by atoms with Crippen molar-refractivity contribution in [2.75, 3.05) is 0 Å². The molecule has 0 unspecified atom stereocenters. The minimum atomic E-state index is -0.669. The van der Waals surface area contributed by atoms with Crippen LogP contribution in [-0.4, -0.2) is 15.2 Å². The zero-order chi connectivity index (χ0) is 18.6. The van der Waals surface area contributed by atoms with Crippen molar-refractivity contribution in [2.45, 2.75) is 6.61 Å². The summed E-state index contributed by atoms with van der Waals surface area (Å²) in [4.78, 5) is 4.25. The zero-order valence-corrected chi connectivity index (χ0v) is 14.2. The molecule has 0 amide bonds. The van der Waals surface area contributed by atoms with Crippen LogP contribution in [0, 0.1) is 11.6 Å². The van der Waals surface area contributed by atoms with E-state index in [-0.39, 0.29) is 12.4 Å². The number of rotatable bonds is 5. The first-order valence-electron chi connectivity index (χ1n) is 8.32. The van der Waals surface area contributed by atoms with E-state index in [1.807, 2.05) is 48.6 Å². The third-order valence-electron chi connectivity index (χ3n) is 4.00. The van der Waals surface area contributed by atoms with Gasteiger partial charge in [-0.15, -0.1) is 0 Å². The van der Waals surface area contributed by atoms with E-state index in [9.17, 15) is 8.78 Å². The van der Waals surface area contributed by atoms with Crippen LogP contribution in [-0.2, 0) is 6.61 Å². The molecular formula is C21H15F2N3O. The molecule has 0 atom stereocenters. The highest BCUT2D eigenvalue weighted by atomic mass is 19.1. The van der Waals surface area contributed by atoms with Crippen molar-refractivity contribution in [1.29, 1.82) is 0 Å². The molecule has 0 fully saturated rings. The van der Waals surface area contributed by atoms with Crippen molar-refractivity contribution in [3.63, 3.8) is 0 Å². The van der Waals surface area contributed by atoms with Gasteiger partial charge in [0.05, 0.1) is 16.9 Å². The van der Waals surface area contributed by atoms with Crippen LogP contribution >= 0.6 is 0 Å². The first kappa shape index (κ1) is 16.9. The highest BCUT2D eigenvalue weighted by molar-refractivity contribution is 5.89. The minimum absolute atomic E-state index is 0.148. The molecular weight excluding hydrogens is 348 g/mol. The summed E-state index contributed by atoms with van der Waals surface area (Å²) in [5, 5.41) is 8.20. The van der Waals surface area contributed by atoms with Crippen LogP contribution in [0.2, 0.25) is 0 Å². The molecule has 0 saturated heterocycles. The monoisotopic (exact) mass is 363 g/mol. The predicted octanol–water partition coefficient (Wildman–Crippen LogP) is 4.99. The number of aromatic nitrogens is 3. The van der Waals surface area contributed by atoms with E-state index in [1.165, 1.54) is 0 Å². The molecule has 0 aliphatic rings. The van der Waals surface area contributed by atoms with E-state index in [4.69, 9.17) is 4.74 Å². The summed E-state index contributed by atoms with van der Waals surface area (Å²) in [6.45, 7) is 0.188. The Hall–Kier alpha value is -3.54. The van der Waals surface area contributed by atoms with Gasteiger partial charge in [-0.05, 0) is 42.0 Å². The lowest BCUT2D eigenvalue weighted by Gasteiger charge is -2.07. The number of halogens is 2. The molecule has 0 bridgehead atoms. The van der Waals surface area contributed by atoms with Crippen molar-refractivity contribution < 1.29 is 13.5 Å². The molecule has 0 radical (unpaired) electrons. The van der Waals surface area contributed by atoms with Crippen molar-refractivity contribution in [3.8, 4) is 5.75 Å². The summed E-state index contributed by atoms with van der Waals surface area (Å²) in [6, 6.07) is 14.5. The third-order valence-corrected chi connectivity index (χ3v) is 4.00. The fourth-order valence-corrected chi connectivity index (χ4v) is 2.72. The number of pyridine rings is 1. The fourth-order valence-electron chi connectivity index (χ4n) is 2.72. The number of nitrogens with one attached hydrogen (secondary N) is 1. The van der Waals surface area contributed by atoms with Gasteiger partial charge in [-0.3, -0.25) is 10.1 Å². The quantitative estimate of drug-likeness (QED) is 0.544. The van der Waals surface area contributed by atoms with Crippen molar-refractivity contribution in [1.82, 2.24) is 15.2 Å². The number of nitrogens with zero attached hydrogens (tertiary/aromatic N) is 2. The van der Waals surface area contributed by atoms with Gasteiger partial charge in [-0.2, -0.15) is 5.10 Å². The third kappa shape index (κ3) is 4.00. The molecule has 6 heteroatoms. The molecule has 0 spiro atoms.